The van der Waals surface area contributed by atoms with Crippen molar-refractivity contribution in [2.24, 2.45) is 7.05 Å². The van der Waals surface area contributed by atoms with Crippen LogP contribution in [0.4, 0.5) is 0 Å². The van der Waals surface area contributed by atoms with Crippen LogP contribution in [0.15, 0.2) is 11.1 Å². The van der Waals surface area contributed by atoms with Gasteiger partial charge in [0.05, 0.1) is 16.9 Å². The quantitative estimate of drug-likeness (QED) is 0.439. The molecule has 3 nitrogen and oxygen atoms in total. The maximum absolute atomic E-state index is 11.0. The summed E-state index contributed by atoms with van der Waals surface area (Å²) in [5.74, 6) is 0. The van der Waals surface area contributed by atoms with E-state index in [2.05, 4.69) is 18.1 Å². The lowest BCUT2D eigenvalue weighted by atomic mass is 10.4. The highest BCUT2D eigenvalue weighted by Gasteiger charge is 1.89. The van der Waals surface area contributed by atoms with Crippen molar-refractivity contribution in [1.82, 2.24) is 9.55 Å². The second-order valence-corrected chi connectivity index (χ2v) is 2.09. The average molecular weight is 136 g/mol. The van der Waals surface area contributed by atoms with Crippen LogP contribution in [0.5, 0.6) is 0 Å². The number of rotatable bonds is 0. The molecule has 0 saturated heterocycles. The maximum atomic E-state index is 11.0. The highest BCUT2D eigenvalue weighted by atomic mass is 16.1. The molecule has 0 aliphatic heterocycles. The predicted octanol–water partition coefficient (Wildman–Crippen LogP) is -1.40. The molecule has 3 heteroatoms. The van der Waals surface area contributed by atoms with E-state index in [-0.39, 0.29) is 5.56 Å². The Balaban J connectivity index is 3.85. The predicted molar refractivity (Wildman–Crippen MR) is 39.8 cm³/mol. The molecular weight excluding hydrogens is 128 g/mol. The fraction of sp³-hybridized carbons (Fsp3) is 0.143. The van der Waals surface area contributed by atoms with Crippen molar-refractivity contribution in [1.29, 1.82) is 0 Å². The van der Waals surface area contributed by atoms with Crippen molar-refractivity contribution in [3.05, 3.63) is 27.2 Å². The van der Waals surface area contributed by atoms with Gasteiger partial charge in [-0.05, 0) is 0 Å². The molecule has 1 aromatic rings. The van der Waals surface area contributed by atoms with Crippen LogP contribution in [0.1, 0.15) is 0 Å². The Bertz CT molecular complexity index is 391. The summed E-state index contributed by atoms with van der Waals surface area (Å²) in [6.07, 6.45) is 1.43. The Morgan fingerprint density at radius 1 is 1.60 bits per heavy atom. The lowest BCUT2D eigenvalue weighted by molar-refractivity contribution is 0.805. The van der Waals surface area contributed by atoms with Crippen LogP contribution < -0.4 is 16.1 Å². The second-order valence-electron chi connectivity index (χ2n) is 2.09. The number of hydrogen-bond donors (Lipinski definition) is 0. The molecule has 0 amide bonds. The second kappa shape index (κ2) is 2.10. The first-order valence-corrected chi connectivity index (χ1v) is 2.82. The van der Waals surface area contributed by atoms with Crippen LogP contribution in [0, 0.1) is 0 Å². The fourth-order valence-corrected chi connectivity index (χ4v) is 0.623. The van der Waals surface area contributed by atoms with Gasteiger partial charge in [0.25, 0.3) is 5.56 Å². The minimum atomic E-state index is -0.139. The molecule has 0 aliphatic carbocycles. The molecule has 0 N–H and O–H groups in total. The van der Waals surface area contributed by atoms with Crippen LogP contribution in [-0.4, -0.2) is 9.55 Å². The Labute approximate surface area is 58.0 Å². The first-order chi connectivity index (χ1) is 4.63. The van der Waals surface area contributed by atoms with Gasteiger partial charge < -0.3 is 4.57 Å². The normalized spacial score (nSPS) is 9.70. The van der Waals surface area contributed by atoms with Gasteiger partial charge in [0.2, 0.25) is 0 Å². The largest absolute Gasteiger partial charge is 0.302 e. The Kier molecular flexibility index (Phi) is 1.41. The summed E-state index contributed by atoms with van der Waals surface area (Å²) in [7, 11) is 1.63. The zero-order chi connectivity index (χ0) is 7.72. The van der Waals surface area contributed by atoms with E-state index in [0.29, 0.717) is 10.6 Å². The summed E-state index contributed by atoms with van der Waals surface area (Å²) in [6, 6.07) is 0. The van der Waals surface area contributed by atoms with Crippen molar-refractivity contribution in [2.75, 3.05) is 0 Å². The van der Waals surface area contributed by atoms with Gasteiger partial charge in [-0.3, -0.25) is 4.79 Å². The van der Waals surface area contributed by atoms with Gasteiger partial charge >= 0.3 is 0 Å². The lowest BCUT2D eigenvalue weighted by Crippen LogP contribution is -2.43. The smallest absolute Gasteiger partial charge is 0.260 e. The molecule has 0 aromatic carbocycles. The highest BCUT2D eigenvalue weighted by molar-refractivity contribution is 5.06. The van der Waals surface area contributed by atoms with E-state index in [1.165, 1.54) is 10.9 Å². The standard InChI is InChI=1S/C7H8N2O/c1-5-6(2)8-4-9(3)7(5)10/h4H,1-2H2,3H3. The molecule has 1 aromatic heterocycles. The fourth-order valence-electron chi connectivity index (χ4n) is 0.623. The van der Waals surface area contributed by atoms with Crippen LogP contribution in [0.3, 0.4) is 0 Å². The third-order valence-corrected chi connectivity index (χ3v) is 1.31. The summed E-state index contributed by atoms with van der Waals surface area (Å²) in [6.45, 7) is 7.06. The van der Waals surface area contributed by atoms with Crippen molar-refractivity contribution in [3.63, 3.8) is 0 Å². The van der Waals surface area contributed by atoms with Gasteiger partial charge in [0, 0.05) is 7.05 Å². The number of aromatic nitrogens is 2. The molecule has 1 rings (SSSR count). The lowest BCUT2D eigenvalue weighted by Gasteiger charge is -1.92. The number of aryl methyl sites for hydroxylation is 1. The van der Waals surface area contributed by atoms with Gasteiger partial charge in [-0.1, -0.05) is 13.2 Å². The molecule has 0 atom stereocenters. The van der Waals surface area contributed by atoms with E-state index in [9.17, 15) is 4.79 Å². The van der Waals surface area contributed by atoms with Gasteiger partial charge in [-0.25, -0.2) is 4.98 Å². The van der Waals surface area contributed by atoms with E-state index in [1.807, 2.05) is 0 Å². The summed E-state index contributed by atoms with van der Waals surface area (Å²) in [5, 5.41) is 0.813. The SMILES string of the molecule is C=c1ncn(C)c(=O)c1=C. The minimum Gasteiger partial charge on any atom is -0.302 e. The molecule has 10 heavy (non-hydrogen) atoms. The zero-order valence-electron chi connectivity index (χ0n) is 5.79. The van der Waals surface area contributed by atoms with Crippen molar-refractivity contribution >= 4 is 13.2 Å². The van der Waals surface area contributed by atoms with E-state index >= 15 is 0 Å². The van der Waals surface area contributed by atoms with Gasteiger partial charge in [0.15, 0.2) is 0 Å². The first kappa shape index (κ1) is 6.74. The van der Waals surface area contributed by atoms with E-state index in [1.54, 1.807) is 7.05 Å². The van der Waals surface area contributed by atoms with Gasteiger partial charge in [0.1, 0.15) is 0 Å². The molecule has 0 unspecified atom stereocenters. The van der Waals surface area contributed by atoms with Crippen molar-refractivity contribution < 1.29 is 0 Å². The van der Waals surface area contributed by atoms with Crippen LogP contribution in [-0.2, 0) is 7.05 Å². The molecule has 0 radical (unpaired) electrons. The first-order valence-electron chi connectivity index (χ1n) is 2.82. The highest BCUT2D eigenvalue weighted by Crippen LogP contribution is 1.54. The molecule has 1 heterocycles. The molecule has 0 bridgehead atoms. The third-order valence-electron chi connectivity index (χ3n) is 1.31. The molecule has 0 saturated carbocycles. The van der Waals surface area contributed by atoms with Crippen LogP contribution in [0.25, 0.3) is 13.2 Å². The van der Waals surface area contributed by atoms with Crippen LogP contribution >= 0.6 is 0 Å². The van der Waals surface area contributed by atoms with Crippen molar-refractivity contribution in [2.45, 2.75) is 0 Å². The summed E-state index contributed by atoms with van der Waals surface area (Å²) in [4.78, 5) is 14.8. The summed E-state index contributed by atoms with van der Waals surface area (Å²) < 4.78 is 1.37. The maximum Gasteiger partial charge on any atom is 0.260 e. The number of nitrogens with zero attached hydrogens (tertiary/aromatic N) is 2. The van der Waals surface area contributed by atoms with Gasteiger partial charge in [-0.2, -0.15) is 0 Å². The Morgan fingerprint density at radius 2 is 2.20 bits per heavy atom. The third kappa shape index (κ3) is 0.857. The Morgan fingerprint density at radius 3 is 2.70 bits per heavy atom. The molecule has 0 aliphatic rings. The molecule has 0 fully saturated rings. The topological polar surface area (TPSA) is 34.9 Å². The molecular formula is C7H8N2O. The van der Waals surface area contributed by atoms with E-state index < -0.39 is 0 Å². The summed E-state index contributed by atoms with van der Waals surface area (Å²) >= 11 is 0. The zero-order valence-corrected chi connectivity index (χ0v) is 5.79. The van der Waals surface area contributed by atoms with E-state index in [0.717, 1.165) is 0 Å². The van der Waals surface area contributed by atoms with Crippen molar-refractivity contribution in [3.8, 4) is 0 Å². The van der Waals surface area contributed by atoms with Crippen LogP contribution in [0.2, 0.25) is 0 Å². The molecule has 52 valence electrons. The average Bonchev–Trinajstić information content (AvgIpc) is 1.93. The van der Waals surface area contributed by atoms with Gasteiger partial charge in [-0.15, -0.1) is 0 Å². The Hall–Kier alpha value is -1.38. The monoisotopic (exact) mass is 136 g/mol. The summed E-state index contributed by atoms with van der Waals surface area (Å²) in [5.41, 5.74) is -0.139. The minimum absolute atomic E-state index is 0.139. The number of hydrogen-bond acceptors (Lipinski definition) is 2. The van der Waals surface area contributed by atoms with E-state index in [4.69, 9.17) is 0 Å². The molecule has 0 spiro atoms.